The Bertz CT molecular complexity index is 704. The molecule has 0 aliphatic heterocycles. The first-order chi connectivity index (χ1) is 12.0. The largest absolute Gasteiger partial charge is 0.493 e. The Hall–Kier alpha value is -2.24. The highest BCUT2D eigenvalue weighted by Gasteiger charge is 2.12. The van der Waals surface area contributed by atoms with Gasteiger partial charge in [0.15, 0.2) is 18.0 Å². The minimum atomic E-state index is -0.0180. The second-order valence-electron chi connectivity index (χ2n) is 5.75. The summed E-state index contributed by atoms with van der Waals surface area (Å²) in [6.45, 7) is 2.87. The Morgan fingerprint density at radius 3 is 2.44 bits per heavy atom. The number of quaternary nitrogens is 1. The van der Waals surface area contributed by atoms with Gasteiger partial charge in [0.05, 0.1) is 14.2 Å². The van der Waals surface area contributed by atoms with E-state index in [0.717, 1.165) is 11.1 Å². The molecule has 0 aliphatic carbocycles. The van der Waals surface area contributed by atoms with E-state index in [9.17, 15) is 4.79 Å². The molecule has 2 rings (SSSR count). The number of carbonyl (C=O) groups is 1. The second kappa shape index (κ2) is 9.30. The Morgan fingerprint density at radius 1 is 1.12 bits per heavy atom. The zero-order valence-corrected chi connectivity index (χ0v) is 15.5. The summed E-state index contributed by atoms with van der Waals surface area (Å²) in [7, 11) is 3.18. The van der Waals surface area contributed by atoms with Gasteiger partial charge in [-0.2, -0.15) is 0 Å². The molecular weight excluding hydrogens is 340 g/mol. The van der Waals surface area contributed by atoms with Crippen LogP contribution < -0.4 is 20.1 Å². The first-order valence-corrected chi connectivity index (χ1v) is 8.47. The minimum absolute atomic E-state index is 0.0180. The highest BCUT2D eigenvalue weighted by atomic mass is 35.5. The zero-order valence-electron chi connectivity index (χ0n) is 14.7. The highest BCUT2D eigenvalue weighted by Crippen LogP contribution is 2.27. The van der Waals surface area contributed by atoms with Gasteiger partial charge in [-0.05, 0) is 36.8 Å². The number of benzene rings is 2. The van der Waals surface area contributed by atoms with E-state index in [1.807, 2.05) is 47.8 Å². The summed E-state index contributed by atoms with van der Waals surface area (Å²) < 4.78 is 10.5. The van der Waals surface area contributed by atoms with Crippen LogP contribution in [0.1, 0.15) is 24.1 Å². The maximum Gasteiger partial charge on any atom is 0.275 e. The summed E-state index contributed by atoms with van der Waals surface area (Å²) >= 11 is 5.89. The fraction of sp³-hybridized carbons (Fsp3) is 0.316. The molecule has 0 saturated heterocycles. The number of rotatable bonds is 8. The van der Waals surface area contributed by atoms with Gasteiger partial charge in [0.25, 0.3) is 5.91 Å². The summed E-state index contributed by atoms with van der Waals surface area (Å²) in [5.74, 6) is 1.30. The predicted octanol–water partition coefficient (Wildman–Crippen LogP) is 2.30. The number of ether oxygens (including phenoxy) is 2. The fourth-order valence-corrected chi connectivity index (χ4v) is 2.58. The molecule has 0 unspecified atom stereocenters. The third kappa shape index (κ3) is 5.66. The van der Waals surface area contributed by atoms with Gasteiger partial charge in [0, 0.05) is 17.1 Å². The first kappa shape index (κ1) is 19.1. The van der Waals surface area contributed by atoms with Crippen LogP contribution in [0, 0.1) is 0 Å². The number of halogens is 1. The van der Waals surface area contributed by atoms with E-state index in [0.29, 0.717) is 29.6 Å². The van der Waals surface area contributed by atoms with Crippen LogP contribution in [-0.2, 0) is 11.3 Å². The summed E-state index contributed by atoms with van der Waals surface area (Å²) in [6.07, 6.45) is 0. The van der Waals surface area contributed by atoms with E-state index in [4.69, 9.17) is 21.1 Å². The number of hydrogen-bond acceptors (Lipinski definition) is 3. The van der Waals surface area contributed by atoms with E-state index < -0.39 is 0 Å². The summed E-state index contributed by atoms with van der Waals surface area (Å²) in [5, 5.41) is 5.62. The van der Waals surface area contributed by atoms with E-state index in [-0.39, 0.29) is 11.9 Å². The van der Waals surface area contributed by atoms with Crippen LogP contribution in [0.4, 0.5) is 0 Å². The van der Waals surface area contributed by atoms with Crippen LogP contribution >= 0.6 is 11.6 Å². The number of amides is 1. The van der Waals surface area contributed by atoms with Gasteiger partial charge >= 0.3 is 0 Å². The first-order valence-electron chi connectivity index (χ1n) is 8.10. The average molecular weight is 364 g/mol. The molecule has 0 aliphatic rings. The van der Waals surface area contributed by atoms with Crippen molar-refractivity contribution in [1.29, 1.82) is 0 Å². The molecule has 0 aromatic heterocycles. The molecular formula is C19H24ClN2O3+. The van der Waals surface area contributed by atoms with E-state index in [2.05, 4.69) is 12.2 Å². The van der Waals surface area contributed by atoms with Crippen molar-refractivity contribution in [2.45, 2.75) is 19.5 Å². The van der Waals surface area contributed by atoms with Crippen molar-refractivity contribution >= 4 is 17.5 Å². The van der Waals surface area contributed by atoms with E-state index in [1.54, 1.807) is 14.2 Å². The Morgan fingerprint density at radius 2 is 1.80 bits per heavy atom. The maximum absolute atomic E-state index is 12.1. The van der Waals surface area contributed by atoms with E-state index >= 15 is 0 Å². The number of methoxy groups -OCH3 is 2. The Kier molecular flexibility index (Phi) is 7.10. The quantitative estimate of drug-likeness (QED) is 0.756. The Labute approximate surface area is 153 Å². The van der Waals surface area contributed by atoms with Gasteiger partial charge in [-0.1, -0.05) is 29.8 Å². The standard InChI is InChI=1S/C19H23ClN2O3/c1-13(15-5-7-16(20)8-6-15)21-12-19(23)22-11-14-4-9-17(24-2)18(10-14)25-3/h4-10,13,21H,11-12H2,1-3H3,(H,22,23)/p+1/t13-/m1/s1. The van der Waals surface area contributed by atoms with Gasteiger partial charge in [0.2, 0.25) is 0 Å². The number of nitrogens with one attached hydrogen (secondary N) is 1. The molecule has 134 valence electrons. The number of hydrogen-bond donors (Lipinski definition) is 2. The lowest BCUT2D eigenvalue weighted by atomic mass is 10.1. The van der Waals surface area contributed by atoms with Gasteiger partial charge in [-0.3, -0.25) is 4.79 Å². The number of nitrogens with two attached hydrogens (primary N) is 1. The monoisotopic (exact) mass is 363 g/mol. The van der Waals surface area contributed by atoms with Gasteiger partial charge < -0.3 is 20.1 Å². The highest BCUT2D eigenvalue weighted by molar-refractivity contribution is 6.30. The van der Waals surface area contributed by atoms with Crippen LogP contribution in [0.2, 0.25) is 5.02 Å². The molecule has 1 atom stereocenters. The second-order valence-corrected chi connectivity index (χ2v) is 6.18. The molecule has 2 aromatic carbocycles. The lowest BCUT2D eigenvalue weighted by molar-refractivity contribution is -0.682. The lowest BCUT2D eigenvalue weighted by Crippen LogP contribution is -2.87. The molecule has 5 nitrogen and oxygen atoms in total. The molecule has 0 saturated carbocycles. The fourth-order valence-electron chi connectivity index (χ4n) is 2.45. The third-order valence-electron chi connectivity index (χ3n) is 3.99. The SMILES string of the molecule is COc1ccc(CNC(=O)C[NH2+][C@H](C)c2ccc(Cl)cc2)cc1OC. The number of carbonyl (C=O) groups excluding carboxylic acids is 1. The van der Waals surface area contributed by atoms with Crippen molar-refractivity contribution in [2.24, 2.45) is 0 Å². The molecule has 0 fully saturated rings. The minimum Gasteiger partial charge on any atom is -0.493 e. The molecule has 2 aromatic rings. The molecule has 25 heavy (non-hydrogen) atoms. The van der Waals surface area contributed by atoms with Crippen molar-refractivity contribution in [3.8, 4) is 11.5 Å². The molecule has 6 heteroatoms. The van der Waals surface area contributed by atoms with Gasteiger partial charge in [-0.15, -0.1) is 0 Å². The van der Waals surface area contributed by atoms with Crippen molar-refractivity contribution in [2.75, 3.05) is 20.8 Å². The van der Waals surface area contributed by atoms with Crippen LogP contribution in [0.3, 0.4) is 0 Å². The molecule has 0 bridgehead atoms. The summed E-state index contributed by atoms with van der Waals surface area (Å²) in [5.41, 5.74) is 2.09. The smallest absolute Gasteiger partial charge is 0.275 e. The summed E-state index contributed by atoms with van der Waals surface area (Å²) in [6, 6.07) is 13.5. The predicted molar refractivity (Wildman–Crippen MR) is 98.1 cm³/mol. The van der Waals surface area contributed by atoms with Gasteiger partial charge in [-0.25, -0.2) is 0 Å². The van der Waals surface area contributed by atoms with Crippen LogP contribution in [0.15, 0.2) is 42.5 Å². The van der Waals surface area contributed by atoms with Crippen LogP contribution in [0.25, 0.3) is 0 Å². The van der Waals surface area contributed by atoms with Crippen LogP contribution in [0.5, 0.6) is 11.5 Å². The molecule has 3 N–H and O–H groups in total. The van der Waals surface area contributed by atoms with Crippen LogP contribution in [-0.4, -0.2) is 26.7 Å². The van der Waals surface area contributed by atoms with Crippen molar-refractivity contribution in [1.82, 2.24) is 5.32 Å². The van der Waals surface area contributed by atoms with Crippen molar-refractivity contribution in [3.63, 3.8) is 0 Å². The normalized spacial score (nSPS) is 11.7. The van der Waals surface area contributed by atoms with Crippen molar-refractivity contribution in [3.05, 3.63) is 58.6 Å². The molecule has 0 heterocycles. The molecule has 0 radical (unpaired) electrons. The van der Waals surface area contributed by atoms with Crippen molar-refractivity contribution < 1.29 is 19.6 Å². The van der Waals surface area contributed by atoms with Gasteiger partial charge in [0.1, 0.15) is 6.04 Å². The average Bonchev–Trinajstić information content (AvgIpc) is 2.64. The third-order valence-corrected chi connectivity index (χ3v) is 4.24. The zero-order chi connectivity index (χ0) is 18.2. The molecule has 0 spiro atoms. The maximum atomic E-state index is 12.1. The Balaban J connectivity index is 1.81. The lowest BCUT2D eigenvalue weighted by Gasteiger charge is -2.12. The van der Waals surface area contributed by atoms with E-state index in [1.165, 1.54) is 0 Å². The topological polar surface area (TPSA) is 64.2 Å². The molecule has 1 amide bonds. The summed E-state index contributed by atoms with van der Waals surface area (Å²) in [4.78, 5) is 12.1.